The summed E-state index contributed by atoms with van der Waals surface area (Å²) in [4.78, 5) is 18.0. The maximum atomic E-state index is 13.9. The second kappa shape index (κ2) is 16.1. The number of amides is 1. The van der Waals surface area contributed by atoms with Crippen LogP contribution in [-0.2, 0) is 30.8 Å². The van der Waals surface area contributed by atoms with Gasteiger partial charge in [-0.25, -0.2) is 8.42 Å². The molecular formula is C36H43N3O10S. The Morgan fingerprint density at radius 1 is 0.900 bits per heavy atom. The Labute approximate surface area is 292 Å². The molecule has 1 saturated heterocycles. The Morgan fingerprint density at radius 2 is 1.58 bits per heavy atom. The second-order valence-corrected chi connectivity index (χ2v) is 14.1. The number of aliphatic hydroxyl groups is 1. The number of nitrogens with zero attached hydrogens (tertiary/aromatic N) is 3. The molecule has 14 heteroatoms. The Morgan fingerprint density at radius 3 is 2.26 bits per heavy atom. The van der Waals surface area contributed by atoms with Gasteiger partial charge in [0, 0.05) is 58.2 Å². The van der Waals surface area contributed by atoms with Gasteiger partial charge in [-0.2, -0.15) is 4.31 Å². The molecule has 13 nitrogen and oxygen atoms in total. The van der Waals surface area contributed by atoms with Gasteiger partial charge in [0.05, 0.1) is 32.3 Å². The van der Waals surface area contributed by atoms with Gasteiger partial charge in [0.25, 0.3) is 5.91 Å². The van der Waals surface area contributed by atoms with Crippen LogP contribution < -0.4 is 18.9 Å². The Hall–Kier alpha value is -4.34. The van der Waals surface area contributed by atoms with E-state index in [1.165, 1.54) is 23.5 Å². The Kier molecular flexibility index (Phi) is 11.4. The summed E-state index contributed by atoms with van der Waals surface area (Å²) in [6, 6.07) is 19.6. The van der Waals surface area contributed by atoms with Crippen molar-refractivity contribution in [3.8, 4) is 23.0 Å². The van der Waals surface area contributed by atoms with E-state index >= 15 is 0 Å². The predicted molar refractivity (Wildman–Crippen MR) is 183 cm³/mol. The average molecular weight is 710 g/mol. The van der Waals surface area contributed by atoms with Crippen LogP contribution in [0, 0.1) is 0 Å². The quantitative estimate of drug-likeness (QED) is 0.264. The molecule has 1 amide bonds. The molecule has 6 rings (SSSR count). The zero-order chi connectivity index (χ0) is 35.1. The maximum absolute atomic E-state index is 13.9. The molecule has 0 aliphatic carbocycles. The minimum Gasteiger partial charge on any atom is -0.497 e. The van der Waals surface area contributed by atoms with E-state index in [2.05, 4.69) is 4.90 Å². The number of aliphatic hydroxyl groups excluding tert-OH is 1. The number of rotatable bonds is 14. The van der Waals surface area contributed by atoms with Gasteiger partial charge in [-0.05, 0) is 65.7 Å². The number of ether oxygens (including phenoxy) is 6. The highest BCUT2D eigenvalue weighted by Crippen LogP contribution is 2.34. The first-order valence-corrected chi connectivity index (χ1v) is 18.0. The van der Waals surface area contributed by atoms with Crippen molar-refractivity contribution in [3.05, 3.63) is 89.7 Å². The SMILES string of the molecule is COc1ccc([C@H]2C=C(C(=O)N3CCN(Cc4ccc5c(c4)OCO5)CC3)O[C@@H](OCCN(CCO)S(=O)(=O)c3ccc(OC)cc3)C2)cc1. The van der Waals surface area contributed by atoms with Crippen molar-refractivity contribution in [3.63, 3.8) is 0 Å². The van der Waals surface area contributed by atoms with E-state index in [9.17, 15) is 18.3 Å². The van der Waals surface area contributed by atoms with Crippen LogP contribution in [0.15, 0.2) is 83.5 Å². The van der Waals surface area contributed by atoms with Crippen LogP contribution in [0.4, 0.5) is 0 Å². The first-order chi connectivity index (χ1) is 24.3. The summed E-state index contributed by atoms with van der Waals surface area (Å²) in [6.45, 7) is 2.89. The molecule has 3 aromatic carbocycles. The van der Waals surface area contributed by atoms with Crippen LogP contribution in [0.2, 0.25) is 0 Å². The van der Waals surface area contributed by atoms with E-state index < -0.39 is 16.3 Å². The summed E-state index contributed by atoms with van der Waals surface area (Å²) in [5.74, 6) is 2.54. The third-order valence-electron chi connectivity index (χ3n) is 9.01. The van der Waals surface area contributed by atoms with Gasteiger partial charge in [-0.1, -0.05) is 18.2 Å². The normalized spacial score (nSPS) is 19.2. The molecule has 0 unspecified atom stereocenters. The fraction of sp³-hybridized carbons (Fsp3) is 0.417. The van der Waals surface area contributed by atoms with Crippen molar-refractivity contribution in [2.45, 2.75) is 30.1 Å². The van der Waals surface area contributed by atoms with Crippen LogP contribution in [0.1, 0.15) is 23.5 Å². The molecule has 3 aliphatic rings. The lowest BCUT2D eigenvalue weighted by molar-refractivity contribution is -0.154. The monoisotopic (exact) mass is 709 g/mol. The van der Waals surface area contributed by atoms with Crippen molar-refractivity contribution in [1.82, 2.24) is 14.1 Å². The molecule has 3 aliphatic heterocycles. The number of piperazine rings is 1. The number of hydrogen-bond acceptors (Lipinski definition) is 11. The van der Waals surface area contributed by atoms with Crippen molar-refractivity contribution in [1.29, 1.82) is 0 Å². The fourth-order valence-electron chi connectivity index (χ4n) is 6.20. The molecule has 0 aromatic heterocycles. The minimum atomic E-state index is -3.92. The number of methoxy groups -OCH3 is 2. The lowest BCUT2D eigenvalue weighted by Gasteiger charge is -2.37. The van der Waals surface area contributed by atoms with E-state index in [0.717, 1.165) is 34.9 Å². The van der Waals surface area contributed by atoms with Crippen molar-refractivity contribution < 1.29 is 46.7 Å². The van der Waals surface area contributed by atoms with Gasteiger partial charge in [-0.3, -0.25) is 9.69 Å². The zero-order valence-electron chi connectivity index (χ0n) is 28.2. The molecule has 3 heterocycles. The number of sulfonamides is 1. The Balaban J connectivity index is 1.10. The van der Waals surface area contributed by atoms with Gasteiger partial charge >= 0.3 is 0 Å². The van der Waals surface area contributed by atoms with E-state index in [4.69, 9.17) is 28.4 Å². The standard InChI is InChI=1S/C36H43N3O10S/c1-44-29-6-4-27(5-7-29)28-22-34(36(41)38-15-13-37(14-16-38)24-26-3-12-32-33(21-26)48-25-47-32)49-35(23-28)46-20-18-39(17-19-40)50(42,43)31-10-8-30(45-2)9-11-31/h3-12,21-22,28,35,40H,13-20,23-25H2,1-2H3/t28-,35+/m0/s1. The summed E-state index contributed by atoms with van der Waals surface area (Å²) in [7, 11) is -0.812. The molecule has 50 heavy (non-hydrogen) atoms. The highest BCUT2D eigenvalue weighted by molar-refractivity contribution is 7.89. The number of allylic oxidation sites excluding steroid dienone is 1. The topological polar surface area (TPSA) is 137 Å². The summed E-state index contributed by atoms with van der Waals surface area (Å²) >= 11 is 0. The van der Waals surface area contributed by atoms with Crippen LogP contribution in [-0.4, -0.2) is 113 Å². The molecule has 0 spiro atoms. The smallest absolute Gasteiger partial charge is 0.288 e. The summed E-state index contributed by atoms with van der Waals surface area (Å²) in [5.41, 5.74) is 2.08. The first kappa shape index (κ1) is 35.5. The maximum Gasteiger partial charge on any atom is 0.288 e. The molecule has 3 aromatic rings. The molecule has 0 bridgehead atoms. The van der Waals surface area contributed by atoms with Crippen molar-refractivity contribution >= 4 is 15.9 Å². The lowest BCUT2D eigenvalue weighted by Crippen LogP contribution is -2.49. The van der Waals surface area contributed by atoms with Gasteiger partial charge in [-0.15, -0.1) is 0 Å². The van der Waals surface area contributed by atoms with Crippen LogP contribution in [0.5, 0.6) is 23.0 Å². The summed E-state index contributed by atoms with van der Waals surface area (Å²) < 4.78 is 61.6. The van der Waals surface area contributed by atoms with E-state index in [-0.39, 0.29) is 55.6 Å². The fourth-order valence-corrected chi connectivity index (χ4v) is 7.62. The second-order valence-electron chi connectivity index (χ2n) is 12.1. The number of fused-ring (bicyclic) bond motifs is 1. The Bertz CT molecular complexity index is 1740. The predicted octanol–water partition coefficient (Wildman–Crippen LogP) is 3.19. The third kappa shape index (κ3) is 8.33. The summed E-state index contributed by atoms with van der Waals surface area (Å²) in [6.07, 6.45) is 1.45. The molecule has 0 radical (unpaired) electrons. The minimum absolute atomic E-state index is 0.0185. The van der Waals surface area contributed by atoms with Crippen LogP contribution >= 0.6 is 0 Å². The van der Waals surface area contributed by atoms with E-state index in [0.29, 0.717) is 38.3 Å². The molecule has 1 N–H and O–H groups in total. The lowest BCUT2D eigenvalue weighted by atomic mass is 9.92. The highest BCUT2D eigenvalue weighted by atomic mass is 32.2. The van der Waals surface area contributed by atoms with Crippen molar-refractivity contribution in [2.75, 3.05) is 73.5 Å². The number of carbonyl (C=O) groups excluding carboxylic acids is 1. The summed E-state index contributed by atoms with van der Waals surface area (Å²) in [5, 5.41) is 9.66. The molecule has 0 saturated carbocycles. The first-order valence-electron chi connectivity index (χ1n) is 16.6. The molecule has 2 atom stereocenters. The number of hydrogen-bond donors (Lipinski definition) is 1. The van der Waals surface area contributed by atoms with Gasteiger partial charge in [0.2, 0.25) is 23.1 Å². The van der Waals surface area contributed by atoms with Crippen LogP contribution in [0.3, 0.4) is 0 Å². The molecular weight excluding hydrogens is 666 g/mol. The molecule has 1 fully saturated rings. The van der Waals surface area contributed by atoms with Crippen molar-refractivity contribution in [2.24, 2.45) is 0 Å². The van der Waals surface area contributed by atoms with Gasteiger partial charge < -0.3 is 38.4 Å². The van der Waals surface area contributed by atoms with Gasteiger partial charge in [0.1, 0.15) is 11.5 Å². The van der Waals surface area contributed by atoms with E-state index in [1.54, 1.807) is 24.1 Å². The largest absolute Gasteiger partial charge is 0.497 e. The highest BCUT2D eigenvalue weighted by Gasteiger charge is 2.33. The third-order valence-corrected chi connectivity index (χ3v) is 10.9. The number of carbonyl (C=O) groups is 1. The van der Waals surface area contributed by atoms with Gasteiger partial charge in [0.15, 0.2) is 17.3 Å². The molecule has 268 valence electrons. The van der Waals surface area contributed by atoms with E-state index in [1.807, 2.05) is 48.5 Å². The number of benzene rings is 3. The van der Waals surface area contributed by atoms with Crippen LogP contribution in [0.25, 0.3) is 0 Å². The average Bonchev–Trinajstić information content (AvgIpc) is 3.62. The zero-order valence-corrected chi connectivity index (χ0v) is 29.0.